The van der Waals surface area contributed by atoms with E-state index in [0.29, 0.717) is 49.4 Å². The lowest BCUT2D eigenvalue weighted by Crippen LogP contribution is -2.52. The van der Waals surface area contributed by atoms with E-state index in [-0.39, 0.29) is 11.7 Å². The number of ketones is 1. The summed E-state index contributed by atoms with van der Waals surface area (Å²) < 4.78 is 6.23. The third kappa shape index (κ3) is 4.03. The second-order valence-corrected chi connectivity index (χ2v) is 8.23. The largest absolute Gasteiger partial charge is 0.486 e. The first-order valence-corrected chi connectivity index (χ1v) is 10.5. The average molecular weight is 381 g/mol. The summed E-state index contributed by atoms with van der Waals surface area (Å²) in [5.41, 5.74) is 1.47. The van der Waals surface area contributed by atoms with Crippen LogP contribution < -0.4 is 4.74 Å². The minimum Gasteiger partial charge on any atom is -0.486 e. The van der Waals surface area contributed by atoms with Crippen LogP contribution >= 0.6 is 11.8 Å². The lowest BCUT2D eigenvalue weighted by atomic mass is 9.82. The van der Waals surface area contributed by atoms with E-state index in [1.807, 2.05) is 47.4 Å². The van der Waals surface area contributed by atoms with Crippen molar-refractivity contribution in [2.24, 2.45) is 0 Å². The van der Waals surface area contributed by atoms with Gasteiger partial charge >= 0.3 is 0 Å². The van der Waals surface area contributed by atoms with Gasteiger partial charge in [-0.3, -0.25) is 9.59 Å². The van der Waals surface area contributed by atoms with Gasteiger partial charge in [-0.25, -0.2) is 0 Å². The van der Waals surface area contributed by atoms with E-state index in [2.05, 4.69) is 12.1 Å². The molecule has 2 aromatic carbocycles. The van der Waals surface area contributed by atoms with Crippen molar-refractivity contribution in [3.8, 4) is 5.75 Å². The minimum absolute atomic E-state index is 0.148. The zero-order valence-electron chi connectivity index (χ0n) is 15.2. The number of rotatable bonds is 4. The molecule has 0 N–H and O–H groups in total. The number of hydrogen-bond donors (Lipinski definition) is 0. The van der Waals surface area contributed by atoms with Crippen LogP contribution in [0.4, 0.5) is 0 Å². The number of fused-ring (bicyclic) bond motifs is 1. The molecule has 4 rings (SSSR count). The second kappa shape index (κ2) is 7.77. The predicted octanol–water partition coefficient (Wildman–Crippen LogP) is 3.95. The Hall–Kier alpha value is -2.27. The first kappa shape index (κ1) is 18.1. The van der Waals surface area contributed by atoms with Gasteiger partial charge < -0.3 is 9.64 Å². The summed E-state index contributed by atoms with van der Waals surface area (Å²) in [5.74, 6) is 2.35. The van der Waals surface area contributed by atoms with E-state index in [1.165, 1.54) is 5.56 Å². The van der Waals surface area contributed by atoms with Crippen molar-refractivity contribution in [1.82, 2.24) is 4.90 Å². The zero-order chi connectivity index (χ0) is 18.7. The van der Waals surface area contributed by atoms with Crippen LogP contribution in [0.5, 0.6) is 5.75 Å². The number of carbonyl (C=O) groups is 2. The molecule has 0 atom stereocenters. The number of benzene rings is 2. The molecule has 0 unspecified atom stereocenters. The first-order valence-electron chi connectivity index (χ1n) is 9.36. The van der Waals surface area contributed by atoms with E-state index >= 15 is 0 Å². The van der Waals surface area contributed by atoms with Crippen LogP contribution in [0.2, 0.25) is 0 Å². The summed E-state index contributed by atoms with van der Waals surface area (Å²) in [6, 6.07) is 17.7. The third-order valence-electron chi connectivity index (χ3n) is 5.36. The van der Waals surface area contributed by atoms with Crippen LogP contribution in [0, 0.1) is 0 Å². The van der Waals surface area contributed by atoms with Gasteiger partial charge in [0.25, 0.3) is 0 Å². The number of piperidine rings is 1. The third-order valence-corrected chi connectivity index (χ3v) is 6.35. The number of hydrogen-bond acceptors (Lipinski definition) is 4. The maximum absolute atomic E-state index is 12.5. The molecule has 2 aliphatic rings. The molecule has 0 aromatic heterocycles. The molecule has 2 heterocycles. The molecule has 0 bridgehead atoms. The molecular weight excluding hydrogens is 358 g/mol. The molecule has 2 aliphatic heterocycles. The zero-order valence-corrected chi connectivity index (χ0v) is 16.0. The predicted molar refractivity (Wildman–Crippen MR) is 107 cm³/mol. The van der Waals surface area contributed by atoms with Crippen LogP contribution in [0.25, 0.3) is 0 Å². The molecule has 2 aromatic rings. The summed E-state index contributed by atoms with van der Waals surface area (Å²) in [7, 11) is 0. The number of ether oxygens (including phenoxy) is 1. The minimum atomic E-state index is -0.445. The number of para-hydroxylation sites is 1. The smallest absolute Gasteiger partial charge is 0.232 e. The molecule has 0 aliphatic carbocycles. The average Bonchev–Trinajstić information content (AvgIpc) is 2.69. The number of nitrogens with zero attached hydrogens (tertiary/aromatic N) is 1. The van der Waals surface area contributed by atoms with E-state index in [1.54, 1.807) is 11.8 Å². The second-order valence-electron chi connectivity index (χ2n) is 7.24. The van der Waals surface area contributed by atoms with E-state index < -0.39 is 5.60 Å². The van der Waals surface area contributed by atoms with Gasteiger partial charge in [-0.1, -0.05) is 42.5 Å². The van der Waals surface area contributed by atoms with Crippen molar-refractivity contribution in [3.63, 3.8) is 0 Å². The Morgan fingerprint density at radius 3 is 2.52 bits per heavy atom. The highest BCUT2D eigenvalue weighted by Crippen LogP contribution is 2.39. The fourth-order valence-corrected chi connectivity index (χ4v) is 4.69. The molecule has 0 saturated carbocycles. The van der Waals surface area contributed by atoms with Gasteiger partial charge in [0.15, 0.2) is 5.78 Å². The normalized spacial score (nSPS) is 18.1. The first-order chi connectivity index (χ1) is 13.2. The van der Waals surface area contributed by atoms with E-state index in [9.17, 15) is 9.59 Å². The molecule has 1 fully saturated rings. The Labute approximate surface area is 163 Å². The van der Waals surface area contributed by atoms with Crippen molar-refractivity contribution in [2.75, 3.05) is 18.8 Å². The van der Waals surface area contributed by atoms with Gasteiger partial charge in [-0.2, -0.15) is 0 Å². The van der Waals surface area contributed by atoms with Crippen LogP contribution in [-0.4, -0.2) is 41.0 Å². The Kier molecular flexibility index (Phi) is 5.21. The molecule has 5 heteroatoms. The molecule has 0 radical (unpaired) electrons. The number of Topliss-reactive ketones (excluding diaryl/α,β-unsaturated/α-hetero) is 1. The Balaban J connectivity index is 1.30. The molecule has 1 saturated heterocycles. The standard InChI is InChI=1S/C22H23NO3S/c24-19-14-22(26-20-9-5-4-8-18(19)20)10-12-23(13-11-22)21(25)16-27-15-17-6-2-1-3-7-17/h1-9H,10-16H2. The van der Waals surface area contributed by atoms with Crippen molar-refractivity contribution in [3.05, 3.63) is 65.7 Å². The quantitative estimate of drug-likeness (QED) is 0.805. The fourth-order valence-electron chi connectivity index (χ4n) is 3.81. The van der Waals surface area contributed by atoms with Crippen molar-refractivity contribution in [2.45, 2.75) is 30.6 Å². The highest BCUT2D eigenvalue weighted by molar-refractivity contribution is 7.99. The van der Waals surface area contributed by atoms with Gasteiger partial charge in [-0.15, -0.1) is 11.8 Å². The van der Waals surface area contributed by atoms with E-state index in [4.69, 9.17) is 4.74 Å². The molecular formula is C22H23NO3S. The van der Waals surface area contributed by atoms with Gasteiger partial charge in [0.2, 0.25) is 5.91 Å². The van der Waals surface area contributed by atoms with E-state index in [0.717, 1.165) is 5.75 Å². The number of likely N-dealkylation sites (tertiary alicyclic amines) is 1. The molecule has 1 amide bonds. The number of thioether (sulfide) groups is 1. The molecule has 140 valence electrons. The highest BCUT2D eigenvalue weighted by Gasteiger charge is 2.43. The number of amides is 1. The molecule has 1 spiro atoms. The topological polar surface area (TPSA) is 46.6 Å². The van der Waals surface area contributed by atoms with Gasteiger partial charge in [0, 0.05) is 31.7 Å². The highest BCUT2D eigenvalue weighted by atomic mass is 32.2. The Bertz CT molecular complexity index is 828. The summed E-state index contributed by atoms with van der Waals surface area (Å²) in [6.45, 7) is 1.31. The van der Waals surface area contributed by atoms with Gasteiger partial charge in [0.05, 0.1) is 17.7 Å². The van der Waals surface area contributed by atoms with Crippen LogP contribution in [0.15, 0.2) is 54.6 Å². The Morgan fingerprint density at radius 1 is 1.04 bits per heavy atom. The van der Waals surface area contributed by atoms with Crippen molar-refractivity contribution < 1.29 is 14.3 Å². The molecule has 4 nitrogen and oxygen atoms in total. The number of carbonyl (C=O) groups excluding carboxylic acids is 2. The Morgan fingerprint density at radius 2 is 1.74 bits per heavy atom. The summed E-state index contributed by atoms with van der Waals surface area (Å²) in [5, 5.41) is 0. The van der Waals surface area contributed by atoms with Crippen LogP contribution in [0.1, 0.15) is 35.2 Å². The van der Waals surface area contributed by atoms with Gasteiger partial charge in [0.1, 0.15) is 11.4 Å². The van der Waals surface area contributed by atoms with Crippen molar-refractivity contribution >= 4 is 23.5 Å². The van der Waals surface area contributed by atoms with Crippen LogP contribution in [0.3, 0.4) is 0 Å². The lowest BCUT2D eigenvalue weighted by Gasteiger charge is -2.44. The van der Waals surface area contributed by atoms with Gasteiger partial charge in [-0.05, 0) is 17.7 Å². The summed E-state index contributed by atoms with van der Waals surface area (Å²) in [4.78, 5) is 26.9. The SMILES string of the molecule is O=C1CC2(CCN(C(=O)CSCc3ccccc3)CC2)Oc2ccccc21. The van der Waals surface area contributed by atoms with Crippen LogP contribution in [-0.2, 0) is 10.5 Å². The monoisotopic (exact) mass is 381 g/mol. The summed E-state index contributed by atoms with van der Waals surface area (Å²) in [6.07, 6.45) is 1.83. The summed E-state index contributed by atoms with van der Waals surface area (Å²) >= 11 is 1.65. The fraction of sp³-hybridized carbons (Fsp3) is 0.364. The maximum atomic E-state index is 12.5. The molecule has 27 heavy (non-hydrogen) atoms. The van der Waals surface area contributed by atoms with Crippen molar-refractivity contribution in [1.29, 1.82) is 0 Å². The lowest BCUT2D eigenvalue weighted by molar-refractivity contribution is -0.131. The maximum Gasteiger partial charge on any atom is 0.232 e.